The molecule has 0 saturated carbocycles. The van der Waals surface area contributed by atoms with Crippen LogP contribution in [-0.2, 0) is 9.84 Å². The highest BCUT2D eigenvalue weighted by atomic mass is 32.2. The van der Waals surface area contributed by atoms with Gasteiger partial charge in [0.05, 0.1) is 5.75 Å². The third kappa shape index (κ3) is 5.74. The van der Waals surface area contributed by atoms with Crippen LogP contribution >= 0.6 is 0 Å². The Bertz CT molecular complexity index is 509. The number of hydrogen-bond acceptors (Lipinski definition) is 3. The summed E-state index contributed by atoms with van der Waals surface area (Å²) < 4.78 is 22.7. The topological polar surface area (TPSA) is 46.2 Å². The second-order valence-corrected chi connectivity index (χ2v) is 7.55. The minimum absolute atomic E-state index is 0.121. The van der Waals surface area contributed by atoms with Gasteiger partial charge in [-0.3, -0.25) is 0 Å². The summed E-state index contributed by atoms with van der Waals surface area (Å²) in [6.45, 7) is 7.18. The van der Waals surface area contributed by atoms with Crippen LogP contribution < -0.4 is 5.32 Å². The van der Waals surface area contributed by atoms with E-state index in [0.717, 1.165) is 13.0 Å². The van der Waals surface area contributed by atoms with E-state index < -0.39 is 9.84 Å². The van der Waals surface area contributed by atoms with Crippen molar-refractivity contribution in [1.29, 1.82) is 0 Å². The fourth-order valence-electron chi connectivity index (χ4n) is 2.23. The van der Waals surface area contributed by atoms with Crippen LogP contribution in [0.1, 0.15) is 42.5 Å². The first-order valence-corrected chi connectivity index (χ1v) is 8.88. The fraction of sp³-hybridized carbons (Fsp3) is 0.600. The summed E-state index contributed by atoms with van der Waals surface area (Å²) in [4.78, 5) is 0. The average Bonchev–Trinajstić information content (AvgIpc) is 2.29. The van der Waals surface area contributed by atoms with Crippen LogP contribution in [0.5, 0.6) is 0 Å². The van der Waals surface area contributed by atoms with Gasteiger partial charge in [0.15, 0.2) is 0 Å². The van der Waals surface area contributed by atoms with Crippen molar-refractivity contribution < 1.29 is 8.42 Å². The quantitative estimate of drug-likeness (QED) is 0.837. The standard InChI is InChI=1S/C15H25NO2S/c1-5-9-16-15(8-10-19(4,17)18)14-7-6-12(2)11-13(14)3/h6-7,11,15-16H,5,8-10H2,1-4H3. The highest BCUT2D eigenvalue weighted by Gasteiger charge is 2.15. The van der Waals surface area contributed by atoms with Gasteiger partial charge in [-0.15, -0.1) is 0 Å². The second kappa shape index (κ2) is 7.06. The van der Waals surface area contributed by atoms with Gasteiger partial charge in [0.1, 0.15) is 9.84 Å². The van der Waals surface area contributed by atoms with Gasteiger partial charge in [0.2, 0.25) is 0 Å². The fourth-order valence-corrected chi connectivity index (χ4v) is 2.90. The zero-order valence-corrected chi connectivity index (χ0v) is 13.2. The maximum Gasteiger partial charge on any atom is 0.147 e. The molecule has 0 aliphatic carbocycles. The zero-order valence-electron chi connectivity index (χ0n) is 12.4. The van der Waals surface area contributed by atoms with Crippen LogP contribution in [0.15, 0.2) is 18.2 Å². The number of rotatable bonds is 7. The summed E-state index contributed by atoms with van der Waals surface area (Å²) in [5, 5.41) is 3.45. The van der Waals surface area contributed by atoms with Gasteiger partial charge in [0.25, 0.3) is 0 Å². The Morgan fingerprint density at radius 2 is 1.95 bits per heavy atom. The molecule has 0 spiro atoms. The SMILES string of the molecule is CCCNC(CCS(C)(=O)=O)c1ccc(C)cc1C. The van der Waals surface area contributed by atoms with E-state index in [0.29, 0.717) is 6.42 Å². The van der Waals surface area contributed by atoms with E-state index in [4.69, 9.17) is 0 Å². The average molecular weight is 283 g/mol. The molecule has 0 heterocycles. The zero-order chi connectivity index (χ0) is 14.5. The van der Waals surface area contributed by atoms with Gasteiger partial charge in [-0.1, -0.05) is 30.7 Å². The van der Waals surface area contributed by atoms with Crippen molar-refractivity contribution in [1.82, 2.24) is 5.32 Å². The van der Waals surface area contributed by atoms with Gasteiger partial charge in [-0.2, -0.15) is 0 Å². The third-order valence-electron chi connectivity index (χ3n) is 3.22. The molecular formula is C15H25NO2S. The van der Waals surface area contributed by atoms with E-state index in [-0.39, 0.29) is 11.8 Å². The third-order valence-corrected chi connectivity index (χ3v) is 4.20. The van der Waals surface area contributed by atoms with Crippen LogP contribution in [0.25, 0.3) is 0 Å². The van der Waals surface area contributed by atoms with Gasteiger partial charge >= 0.3 is 0 Å². The molecule has 1 unspecified atom stereocenters. The largest absolute Gasteiger partial charge is 0.310 e. The van der Waals surface area contributed by atoms with Crippen LogP contribution in [0.4, 0.5) is 0 Å². The number of sulfone groups is 1. The van der Waals surface area contributed by atoms with Gasteiger partial charge < -0.3 is 5.32 Å². The number of aryl methyl sites for hydroxylation is 2. The maximum absolute atomic E-state index is 11.4. The van der Waals surface area contributed by atoms with E-state index >= 15 is 0 Å². The van der Waals surface area contributed by atoms with Crippen LogP contribution in [0, 0.1) is 13.8 Å². The molecule has 0 amide bonds. The molecule has 0 aliphatic heterocycles. The molecular weight excluding hydrogens is 258 g/mol. The van der Waals surface area contributed by atoms with Gasteiger partial charge in [-0.05, 0) is 44.4 Å². The molecule has 1 N–H and O–H groups in total. The highest BCUT2D eigenvalue weighted by molar-refractivity contribution is 7.90. The molecule has 3 nitrogen and oxygen atoms in total. The molecule has 108 valence electrons. The minimum Gasteiger partial charge on any atom is -0.310 e. The monoisotopic (exact) mass is 283 g/mol. The van der Waals surface area contributed by atoms with Crippen molar-refractivity contribution in [3.8, 4) is 0 Å². The lowest BCUT2D eigenvalue weighted by Crippen LogP contribution is -2.25. The number of hydrogen-bond donors (Lipinski definition) is 1. The smallest absolute Gasteiger partial charge is 0.147 e. The van der Waals surface area contributed by atoms with Crippen molar-refractivity contribution >= 4 is 9.84 Å². The Kier molecular flexibility index (Phi) is 6.01. The Balaban J connectivity index is 2.88. The molecule has 19 heavy (non-hydrogen) atoms. The summed E-state index contributed by atoms with van der Waals surface area (Å²) >= 11 is 0. The Hall–Kier alpha value is -0.870. The Morgan fingerprint density at radius 3 is 2.47 bits per heavy atom. The lowest BCUT2D eigenvalue weighted by atomic mass is 9.97. The van der Waals surface area contributed by atoms with Crippen LogP contribution in [0.3, 0.4) is 0 Å². The molecule has 1 rings (SSSR count). The van der Waals surface area contributed by atoms with E-state index in [1.807, 2.05) is 0 Å². The molecule has 0 aliphatic rings. The molecule has 0 bridgehead atoms. The maximum atomic E-state index is 11.4. The normalized spacial score (nSPS) is 13.5. The summed E-state index contributed by atoms with van der Waals surface area (Å²) in [6, 6.07) is 6.47. The molecule has 4 heteroatoms. The van der Waals surface area contributed by atoms with Crippen LogP contribution in [0.2, 0.25) is 0 Å². The highest BCUT2D eigenvalue weighted by Crippen LogP contribution is 2.22. The lowest BCUT2D eigenvalue weighted by molar-refractivity contribution is 0.511. The Morgan fingerprint density at radius 1 is 1.26 bits per heavy atom. The molecule has 0 aromatic heterocycles. The second-order valence-electron chi connectivity index (χ2n) is 5.29. The molecule has 0 fully saturated rings. The molecule has 1 atom stereocenters. The predicted molar refractivity (Wildman–Crippen MR) is 81.3 cm³/mol. The summed E-state index contributed by atoms with van der Waals surface area (Å²) in [7, 11) is -2.91. The molecule has 0 radical (unpaired) electrons. The predicted octanol–water partition coefficient (Wildman–Crippen LogP) is 2.78. The molecule has 1 aromatic rings. The first kappa shape index (κ1) is 16.2. The molecule has 1 aromatic carbocycles. The summed E-state index contributed by atoms with van der Waals surface area (Å²) in [5.74, 6) is 0.224. The first-order valence-electron chi connectivity index (χ1n) is 6.81. The summed E-state index contributed by atoms with van der Waals surface area (Å²) in [6.07, 6.45) is 2.97. The van der Waals surface area contributed by atoms with E-state index in [2.05, 4.69) is 44.3 Å². The van der Waals surface area contributed by atoms with Gasteiger partial charge in [-0.25, -0.2) is 8.42 Å². The van der Waals surface area contributed by atoms with E-state index in [9.17, 15) is 8.42 Å². The van der Waals surface area contributed by atoms with Crippen molar-refractivity contribution in [3.63, 3.8) is 0 Å². The number of nitrogens with one attached hydrogen (secondary N) is 1. The molecule has 0 saturated heterocycles. The first-order chi connectivity index (χ1) is 8.83. The van der Waals surface area contributed by atoms with Crippen molar-refractivity contribution in [2.75, 3.05) is 18.6 Å². The number of benzene rings is 1. The van der Waals surface area contributed by atoms with Crippen LogP contribution in [-0.4, -0.2) is 27.0 Å². The van der Waals surface area contributed by atoms with Crippen molar-refractivity contribution in [2.24, 2.45) is 0 Å². The Labute approximate surface area is 117 Å². The van der Waals surface area contributed by atoms with Gasteiger partial charge in [0, 0.05) is 12.3 Å². The van der Waals surface area contributed by atoms with E-state index in [1.54, 1.807) is 0 Å². The van der Waals surface area contributed by atoms with E-state index in [1.165, 1.54) is 22.9 Å². The van der Waals surface area contributed by atoms with Crippen molar-refractivity contribution in [3.05, 3.63) is 34.9 Å². The van der Waals surface area contributed by atoms with Crippen molar-refractivity contribution in [2.45, 2.75) is 39.7 Å². The summed E-state index contributed by atoms with van der Waals surface area (Å²) in [5.41, 5.74) is 3.67. The minimum atomic E-state index is -2.91. The lowest BCUT2D eigenvalue weighted by Gasteiger charge is -2.21.